The second-order valence-corrected chi connectivity index (χ2v) is 5.32. The smallest absolute Gasteiger partial charge is 0.217 e. The van der Waals surface area contributed by atoms with Crippen molar-refractivity contribution >= 4 is 15.7 Å². The third-order valence-electron chi connectivity index (χ3n) is 1.84. The number of sulfone groups is 1. The van der Waals surface area contributed by atoms with Crippen LogP contribution >= 0.6 is 0 Å². The Kier molecular flexibility index (Phi) is 3.46. The topological polar surface area (TPSA) is 95.1 Å². The normalized spacial score (nSPS) is 11.5. The predicted octanol–water partition coefficient (Wildman–Crippen LogP) is -0.541. The minimum atomic E-state index is -3.37. The molecule has 0 saturated carbocycles. The quantitative estimate of drug-likeness (QED) is 0.736. The molecule has 0 aliphatic heterocycles. The maximum atomic E-state index is 11.6. The van der Waals surface area contributed by atoms with E-state index >= 15 is 0 Å². The summed E-state index contributed by atoms with van der Waals surface area (Å²) in [6, 6.07) is 0. The molecule has 0 saturated heterocycles. The number of aromatic nitrogens is 2. The first-order valence-electron chi connectivity index (χ1n) is 4.41. The van der Waals surface area contributed by atoms with Gasteiger partial charge in [0.1, 0.15) is 0 Å². The molecule has 2 N–H and O–H groups in total. The summed E-state index contributed by atoms with van der Waals surface area (Å²) in [6.45, 7) is 0. The molecule has 1 aromatic rings. The maximum Gasteiger partial charge on any atom is 0.217 e. The molecule has 0 bridgehead atoms. The van der Waals surface area contributed by atoms with Gasteiger partial charge >= 0.3 is 0 Å². The van der Waals surface area contributed by atoms with Gasteiger partial charge in [-0.1, -0.05) is 0 Å². The fraction of sp³-hybridized carbons (Fsp3) is 0.500. The number of nitrogens with zero attached hydrogens (tertiary/aromatic N) is 2. The van der Waals surface area contributed by atoms with Crippen molar-refractivity contribution in [2.24, 2.45) is 12.8 Å². The van der Waals surface area contributed by atoms with Gasteiger partial charge in [-0.3, -0.25) is 4.79 Å². The molecule has 1 aromatic heterocycles. The van der Waals surface area contributed by atoms with Crippen LogP contribution in [0.3, 0.4) is 0 Å². The number of imidazole rings is 1. The number of aryl methyl sites for hydroxylation is 1. The monoisotopic (exact) mass is 231 g/mol. The molecule has 0 aliphatic rings. The molecule has 0 fully saturated rings. The van der Waals surface area contributed by atoms with Crippen LogP contribution in [0.1, 0.15) is 12.8 Å². The fourth-order valence-electron chi connectivity index (χ4n) is 1.09. The number of carbonyl (C=O) groups is 1. The third kappa shape index (κ3) is 3.35. The van der Waals surface area contributed by atoms with Crippen LogP contribution in [0, 0.1) is 0 Å². The highest BCUT2D eigenvalue weighted by Crippen LogP contribution is 2.09. The van der Waals surface area contributed by atoms with Gasteiger partial charge in [0.15, 0.2) is 14.9 Å². The highest BCUT2D eigenvalue weighted by atomic mass is 32.2. The second kappa shape index (κ2) is 4.43. The lowest BCUT2D eigenvalue weighted by molar-refractivity contribution is -0.118. The van der Waals surface area contributed by atoms with Crippen LogP contribution in [0.4, 0.5) is 0 Å². The molecular formula is C8H13N3O3S. The zero-order valence-corrected chi connectivity index (χ0v) is 9.20. The van der Waals surface area contributed by atoms with Crippen LogP contribution < -0.4 is 5.73 Å². The predicted molar refractivity (Wildman–Crippen MR) is 53.7 cm³/mol. The van der Waals surface area contributed by atoms with Gasteiger partial charge in [0.05, 0.1) is 12.1 Å². The van der Waals surface area contributed by atoms with E-state index in [9.17, 15) is 13.2 Å². The first-order chi connectivity index (χ1) is 6.92. The minimum absolute atomic E-state index is 0.0365. The van der Waals surface area contributed by atoms with Gasteiger partial charge in [0.25, 0.3) is 0 Å². The van der Waals surface area contributed by atoms with Gasteiger partial charge in [-0.2, -0.15) is 0 Å². The Bertz CT molecular complexity index is 449. The Morgan fingerprint density at radius 2 is 2.27 bits per heavy atom. The molecule has 0 radical (unpaired) electrons. The molecule has 0 spiro atoms. The molecule has 7 heteroatoms. The summed E-state index contributed by atoms with van der Waals surface area (Å²) in [6.07, 6.45) is 3.15. The Morgan fingerprint density at radius 1 is 1.60 bits per heavy atom. The van der Waals surface area contributed by atoms with E-state index in [0.29, 0.717) is 0 Å². The van der Waals surface area contributed by atoms with E-state index in [1.165, 1.54) is 12.5 Å². The van der Waals surface area contributed by atoms with E-state index in [1.54, 1.807) is 11.6 Å². The van der Waals surface area contributed by atoms with Gasteiger partial charge < -0.3 is 10.3 Å². The summed E-state index contributed by atoms with van der Waals surface area (Å²) < 4.78 is 24.8. The van der Waals surface area contributed by atoms with Gasteiger partial charge in [-0.15, -0.1) is 0 Å². The second-order valence-electron chi connectivity index (χ2n) is 3.27. The van der Waals surface area contributed by atoms with Crippen molar-refractivity contribution < 1.29 is 13.2 Å². The van der Waals surface area contributed by atoms with Crippen molar-refractivity contribution in [2.75, 3.05) is 5.75 Å². The fourth-order valence-corrected chi connectivity index (χ4v) is 2.36. The summed E-state index contributed by atoms with van der Waals surface area (Å²) in [7, 11) is -1.68. The summed E-state index contributed by atoms with van der Waals surface area (Å²) in [5.41, 5.74) is 4.91. The van der Waals surface area contributed by atoms with Crippen molar-refractivity contribution in [3.63, 3.8) is 0 Å². The number of rotatable bonds is 5. The number of hydrogen-bond donors (Lipinski definition) is 1. The standard InChI is InChI=1S/C8H13N3O3S/c1-11-5-8(10-6-11)15(13,14)4-2-3-7(9)12/h5-6H,2-4H2,1H3,(H2,9,12). The van der Waals surface area contributed by atoms with Crippen molar-refractivity contribution in [2.45, 2.75) is 17.9 Å². The highest BCUT2D eigenvalue weighted by molar-refractivity contribution is 7.91. The zero-order valence-electron chi connectivity index (χ0n) is 8.38. The lowest BCUT2D eigenvalue weighted by atomic mass is 10.3. The number of primary amides is 1. The highest BCUT2D eigenvalue weighted by Gasteiger charge is 2.16. The number of carbonyl (C=O) groups excluding carboxylic acids is 1. The van der Waals surface area contributed by atoms with E-state index < -0.39 is 15.7 Å². The van der Waals surface area contributed by atoms with Gasteiger partial charge in [0, 0.05) is 19.7 Å². The lowest BCUT2D eigenvalue weighted by Gasteiger charge is -1.98. The molecular weight excluding hydrogens is 218 g/mol. The first-order valence-corrected chi connectivity index (χ1v) is 6.06. The Morgan fingerprint density at radius 3 is 2.73 bits per heavy atom. The molecule has 0 atom stereocenters. The molecule has 6 nitrogen and oxygen atoms in total. The van der Waals surface area contributed by atoms with Crippen LogP contribution in [-0.4, -0.2) is 29.6 Å². The van der Waals surface area contributed by atoms with Crippen molar-refractivity contribution in [3.8, 4) is 0 Å². The van der Waals surface area contributed by atoms with Gasteiger partial charge in [-0.05, 0) is 6.42 Å². The maximum absolute atomic E-state index is 11.6. The van der Waals surface area contributed by atoms with Crippen LogP contribution in [0.2, 0.25) is 0 Å². The molecule has 1 rings (SSSR count). The van der Waals surface area contributed by atoms with E-state index in [4.69, 9.17) is 5.73 Å². The van der Waals surface area contributed by atoms with Crippen LogP contribution in [0.25, 0.3) is 0 Å². The summed E-state index contributed by atoms with van der Waals surface area (Å²) in [5, 5.41) is 0.0365. The Balaban J connectivity index is 2.64. The lowest BCUT2D eigenvalue weighted by Crippen LogP contribution is -2.14. The molecule has 1 amide bonds. The Hall–Kier alpha value is -1.37. The Labute approximate surface area is 88.0 Å². The molecule has 15 heavy (non-hydrogen) atoms. The largest absolute Gasteiger partial charge is 0.370 e. The van der Waals surface area contributed by atoms with Crippen molar-refractivity contribution in [1.82, 2.24) is 9.55 Å². The van der Waals surface area contributed by atoms with Crippen molar-refractivity contribution in [1.29, 1.82) is 0 Å². The molecule has 0 aromatic carbocycles. The third-order valence-corrected chi connectivity index (χ3v) is 3.51. The molecule has 0 unspecified atom stereocenters. The van der Waals surface area contributed by atoms with Crippen LogP contribution in [-0.2, 0) is 21.7 Å². The number of amides is 1. The van der Waals surface area contributed by atoms with Gasteiger partial charge in [0.2, 0.25) is 5.91 Å². The first kappa shape index (κ1) is 11.7. The number of nitrogens with two attached hydrogens (primary N) is 1. The molecule has 0 aliphatic carbocycles. The van der Waals surface area contributed by atoms with E-state index in [1.807, 2.05) is 0 Å². The van der Waals surface area contributed by atoms with E-state index in [-0.39, 0.29) is 23.6 Å². The van der Waals surface area contributed by atoms with E-state index in [2.05, 4.69) is 4.98 Å². The average molecular weight is 231 g/mol. The van der Waals surface area contributed by atoms with Crippen LogP contribution in [0.5, 0.6) is 0 Å². The summed E-state index contributed by atoms with van der Waals surface area (Å²) in [5.74, 6) is -0.598. The zero-order chi connectivity index (χ0) is 11.5. The van der Waals surface area contributed by atoms with E-state index in [0.717, 1.165) is 0 Å². The minimum Gasteiger partial charge on any atom is -0.370 e. The average Bonchev–Trinajstić information content (AvgIpc) is 2.51. The number of hydrogen-bond acceptors (Lipinski definition) is 4. The molecule has 1 heterocycles. The summed E-state index contributed by atoms with van der Waals surface area (Å²) >= 11 is 0. The van der Waals surface area contributed by atoms with Crippen LogP contribution in [0.15, 0.2) is 17.6 Å². The van der Waals surface area contributed by atoms with Gasteiger partial charge in [-0.25, -0.2) is 13.4 Å². The SMILES string of the molecule is Cn1cnc(S(=O)(=O)CCCC(N)=O)c1. The summed E-state index contributed by atoms with van der Waals surface area (Å²) in [4.78, 5) is 14.2. The molecule has 84 valence electrons. The van der Waals surface area contributed by atoms with Crippen molar-refractivity contribution in [3.05, 3.63) is 12.5 Å².